The van der Waals surface area contributed by atoms with Crippen LogP contribution in [0.5, 0.6) is 0 Å². The normalized spacial score (nSPS) is 15.2. The predicted molar refractivity (Wildman–Crippen MR) is 48.0 cm³/mol. The average molecular weight is 376 g/mol. The molecule has 4 nitrogen and oxygen atoms in total. The summed E-state index contributed by atoms with van der Waals surface area (Å²) in [5.74, 6) is 0. The minimum atomic E-state index is -6.12. The molecule has 0 aliphatic heterocycles. The Morgan fingerprint density at radius 2 is 1.00 bits per heavy atom. The lowest BCUT2D eigenvalue weighted by atomic mass is 10.4. The van der Waals surface area contributed by atoms with Gasteiger partial charge in [-0.05, 0) is 0 Å². The first-order valence-electron chi connectivity index (χ1n) is 4.85. The Labute approximate surface area is 115 Å². The van der Waals surface area contributed by atoms with Crippen molar-refractivity contribution in [3.8, 4) is 0 Å². The third kappa shape index (κ3) is 9.43. The number of phosphoric acid groups is 1. The zero-order valence-electron chi connectivity index (χ0n) is 10.3. The first kappa shape index (κ1) is 21.4. The zero-order valence-corrected chi connectivity index (χ0v) is 11.2. The highest BCUT2D eigenvalue weighted by Crippen LogP contribution is 2.58. The molecule has 0 saturated heterocycles. The van der Waals surface area contributed by atoms with Crippen LogP contribution in [0.25, 0.3) is 0 Å². The van der Waals surface area contributed by atoms with Gasteiger partial charge in [0.2, 0.25) is 0 Å². The molecule has 0 aliphatic carbocycles. The second-order valence-electron chi connectivity index (χ2n) is 3.67. The number of phosphoric ester groups is 1. The van der Waals surface area contributed by atoms with Crippen molar-refractivity contribution in [1.82, 2.24) is 0 Å². The van der Waals surface area contributed by atoms with Gasteiger partial charge in [-0.15, -0.1) is 0 Å². The Morgan fingerprint density at radius 3 is 1.18 bits per heavy atom. The summed E-state index contributed by atoms with van der Waals surface area (Å²) < 4.78 is 142. The van der Waals surface area contributed by atoms with Crippen LogP contribution in [-0.2, 0) is 18.1 Å². The first-order chi connectivity index (χ1) is 9.39. The fourth-order valence-corrected chi connectivity index (χ4v) is 1.92. The van der Waals surface area contributed by atoms with Crippen LogP contribution in [0.1, 0.15) is 12.8 Å². The van der Waals surface area contributed by atoms with Gasteiger partial charge in [-0.2, -0.15) is 43.9 Å². The summed E-state index contributed by atoms with van der Waals surface area (Å²) in [4.78, 5) is 0. The van der Waals surface area contributed by atoms with Gasteiger partial charge in [0.25, 0.3) is 0 Å². The molecule has 134 valence electrons. The number of hydrogen-bond acceptors (Lipinski definition) is 4. The molecule has 0 saturated carbocycles. The SMILES string of the molecule is COP(=O)(OC(F)(F)CC(F)(F)F)OC(F)(F)CC(F)(F)F. The number of alkyl halides is 10. The molecule has 0 heterocycles. The standard InChI is InChI=1S/C7H7F10O4P/c1-19-22(18,20-6(14,15)2-4(8,9)10)21-7(16,17)3-5(11,12)13/h2-3H2,1H3. The molecule has 0 rings (SSSR count). The van der Waals surface area contributed by atoms with E-state index in [0.29, 0.717) is 0 Å². The molecule has 0 N–H and O–H groups in total. The monoisotopic (exact) mass is 376 g/mol. The summed E-state index contributed by atoms with van der Waals surface area (Å²) in [5.41, 5.74) is 0. The highest BCUT2D eigenvalue weighted by molar-refractivity contribution is 7.48. The van der Waals surface area contributed by atoms with Crippen LogP contribution in [0.15, 0.2) is 0 Å². The quantitative estimate of drug-likeness (QED) is 0.470. The highest BCUT2D eigenvalue weighted by atomic mass is 31.2. The molecule has 0 amide bonds. The smallest absolute Gasteiger partial charge is 0.290 e. The van der Waals surface area contributed by atoms with E-state index in [1.54, 1.807) is 0 Å². The summed E-state index contributed by atoms with van der Waals surface area (Å²) in [5, 5.41) is 0. The molecule has 15 heteroatoms. The van der Waals surface area contributed by atoms with E-state index >= 15 is 0 Å². The molecule has 0 atom stereocenters. The van der Waals surface area contributed by atoms with Gasteiger partial charge in [0.15, 0.2) is 0 Å². The largest absolute Gasteiger partial charge is 0.484 e. The van der Waals surface area contributed by atoms with Gasteiger partial charge >= 0.3 is 32.4 Å². The fraction of sp³-hybridized carbons (Fsp3) is 1.00. The topological polar surface area (TPSA) is 44.8 Å². The van der Waals surface area contributed by atoms with Crippen molar-refractivity contribution in [3.05, 3.63) is 0 Å². The van der Waals surface area contributed by atoms with Crippen molar-refractivity contribution in [2.75, 3.05) is 7.11 Å². The zero-order chi connectivity index (χ0) is 18.0. The summed E-state index contributed by atoms with van der Waals surface area (Å²) in [6, 6.07) is 0. The highest BCUT2D eigenvalue weighted by Gasteiger charge is 2.55. The van der Waals surface area contributed by atoms with Gasteiger partial charge < -0.3 is 0 Å². The van der Waals surface area contributed by atoms with E-state index in [-0.39, 0.29) is 7.11 Å². The third-order valence-electron chi connectivity index (χ3n) is 1.53. The lowest BCUT2D eigenvalue weighted by molar-refractivity contribution is -0.283. The predicted octanol–water partition coefficient (Wildman–Crippen LogP) is 4.86. The Hall–Kier alpha value is -0.590. The first-order valence-corrected chi connectivity index (χ1v) is 6.31. The third-order valence-corrected chi connectivity index (χ3v) is 2.96. The van der Waals surface area contributed by atoms with Crippen molar-refractivity contribution in [3.63, 3.8) is 0 Å². The number of rotatable bonds is 7. The second kappa shape index (κ2) is 6.49. The Kier molecular flexibility index (Phi) is 6.32. The molecule has 0 bridgehead atoms. The van der Waals surface area contributed by atoms with Crippen LogP contribution in [0.3, 0.4) is 0 Å². The Balaban J connectivity index is 5.10. The minimum absolute atomic E-state index is 0.147. The molecule has 0 aliphatic rings. The van der Waals surface area contributed by atoms with E-state index in [0.717, 1.165) is 0 Å². The molecule has 0 aromatic carbocycles. The van der Waals surface area contributed by atoms with E-state index in [1.807, 2.05) is 0 Å². The van der Waals surface area contributed by atoms with Crippen LogP contribution in [0, 0.1) is 0 Å². The molecule has 0 aromatic heterocycles. The van der Waals surface area contributed by atoms with E-state index < -0.39 is 45.2 Å². The molecule has 0 radical (unpaired) electrons. The van der Waals surface area contributed by atoms with Crippen LogP contribution < -0.4 is 0 Å². The minimum Gasteiger partial charge on any atom is -0.290 e. The van der Waals surface area contributed by atoms with E-state index in [2.05, 4.69) is 13.6 Å². The van der Waals surface area contributed by atoms with Gasteiger partial charge in [0, 0.05) is 7.11 Å². The van der Waals surface area contributed by atoms with Crippen molar-refractivity contribution in [2.24, 2.45) is 0 Å². The van der Waals surface area contributed by atoms with Crippen LogP contribution >= 0.6 is 7.82 Å². The van der Waals surface area contributed by atoms with Crippen molar-refractivity contribution in [1.29, 1.82) is 0 Å². The van der Waals surface area contributed by atoms with E-state index in [4.69, 9.17) is 0 Å². The van der Waals surface area contributed by atoms with Gasteiger partial charge in [0.05, 0.1) is 0 Å². The molecular weight excluding hydrogens is 369 g/mol. The molecule has 0 aromatic rings. The van der Waals surface area contributed by atoms with Gasteiger partial charge in [-0.25, -0.2) is 13.6 Å². The van der Waals surface area contributed by atoms with Gasteiger partial charge in [-0.1, -0.05) is 0 Å². The maximum absolute atomic E-state index is 12.8. The number of hydrogen-bond donors (Lipinski definition) is 0. The van der Waals surface area contributed by atoms with E-state index in [9.17, 15) is 48.5 Å². The van der Waals surface area contributed by atoms with Crippen molar-refractivity contribution >= 4 is 7.82 Å². The summed E-state index contributed by atoms with van der Waals surface area (Å²) >= 11 is 0. The molecule has 0 spiro atoms. The van der Waals surface area contributed by atoms with E-state index in [1.165, 1.54) is 0 Å². The van der Waals surface area contributed by atoms with Crippen LogP contribution in [0.2, 0.25) is 0 Å². The lowest BCUT2D eigenvalue weighted by Gasteiger charge is -2.26. The Morgan fingerprint density at radius 1 is 0.727 bits per heavy atom. The van der Waals surface area contributed by atoms with Crippen molar-refractivity contribution in [2.45, 2.75) is 37.4 Å². The summed E-state index contributed by atoms with van der Waals surface area (Å²) in [7, 11) is -5.97. The van der Waals surface area contributed by atoms with Crippen LogP contribution in [-0.4, -0.2) is 31.7 Å². The second-order valence-corrected chi connectivity index (χ2v) is 5.30. The van der Waals surface area contributed by atoms with Gasteiger partial charge in [0.1, 0.15) is 12.8 Å². The maximum atomic E-state index is 12.8. The number of halogens is 10. The summed E-state index contributed by atoms with van der Waals surface area (Å²) in [6.45, 7) is 0. The molecule has 0 unspecified atom stereocenters. The molecule has 0 fully saturated rings. The van der Waals surface area contributed by atoms with Crippen molar-refractivity contribution < 1.29 is 62.0 Å². The molecular formula is C7H7F10O4P. The van der Waals surface area contributed by atoms with Crippen LogP contribution in [0.4, 0.5) is 43.9 Å². The van der Waals surface area contributed by atoms with Gasteiger partial charge in [-0.3, -0.25) is 4.52 Å². The summed E-state index contributed by atoms with van der Waals surface area (Å²) in [6.07, 6.45) is -27.9. The fourth-order valence-electron chi connectivity index (χ4n) is 0.952. The molecule has 22 heavy (non-hydrogen) atoms. The lowest BCUT2D eigenvalue weighted by Crippen LogP contribution is -2.32. The average Bonchev–Trinajstić information content (AvgIpc) is 2.05. The maximum Gasteiger partial charge on any atom is 0.484 e. The Bertz CT molecular complexity index is 382.